The zero-order chi connectivity index (χ0) is 16.7. The summed E-state index contributed by atoms with van der Waals surface area (Å²) < 4.78 is 4.60. The van der Waals surface area contributed by atoms with Gasteiger partial charge in [-0.05, 0) is 24.8 Å². The lowest BCUT2D eigenvalue weighted by molar-refractivity contribution is -0.152. The van der Waals surface area contributed by atoms with Crippen molar-refractivity contribution in [3.63, 3.8) is 0 Å². The molecule has 1 aliphatic heterocycles. The SMILES string of the molecule is COC(=O)CCCCC1CCC(=O)N(Cc2ccccc2)C1=O. The predicted molar refractivity (Wildman–Crippen MR) is 85.2 cm³/mol. The Morgan fingerprint density at radius 2 is 1.96 bits per heavy atom. The molecule has 1 aliphatic rings. The Morgan fingerprint density at radius 3 is 2.65 bits per heavy atom. The van der Waals surface area contributed by atoms with Crippen molar-refractivity contribution < 1.29 is 19.1 Å². The van der Waals surface area contributed by atoms with E-state index in [1.54, 1.807) is 0 Å². The Labute approximate surface area is 136 Å². The van der Waals surface area contributed by atoms with E-state index >= 15 is 0 Å². The van der Waals surface area contributed by atoms with Crippen LogP contribution < -0.4 is 0 Å². The van der Waals surface area contributed by atoms with Crippen molar-refractivity contribution in [2.24, 2.45) is 5.92 Å². The van der Waals surface area contributed by atoms with Gasteiger partial charge >= 0.3 is 5.97 Å². The van der Waals surface area contributed by atoms with Crippen molar-refractivity contribution in [1.29, 1.82) is 0 Å². The number of carbonyl (C=O) groups excluding carboxylic acids is 3. The second kappa shape index (κ2) is 8.46. The summed E-state index contributed by atoms with van der Waals surface area (Å²) in [6.07, 6.45) is 3.63. The van der Waals surface area contributed by atoms with E-state index in [0.29, 0.717) is 38.6 Å². The van der Waals surface area contributed by atoms with Crippen LogP contribution in [0.15, 0.2) is 30.3 Å². The van der Waals surface area contributed by atoms with Gasteiger partial charge in [-0.15, -0.1) is 0 Å². The van der Waals surface area contributed by atoms with Crippen LogP contribution in [0.3, 0.4) is 0 Å². The van der Waals surface area contributed by atoms with Crippen LogP contribution in [-0.4, -0.2) is 29.8 Å². The summed E-state index contributed by atoms with van der Waals surface area (Å²) in [6.45, 7) is 0.344. The molecule has 2 amide bonds. The van der Waals surface area contributed by atoms with Gasteiger partial charge in [0.05, 0.1) is 13.7 Å². The third-order valence-corrected chi connectivity index (χ3v) is 4.22. The Morgan fingerprint density at radius 1 is 1.22 bits per heavy atom. The molecule has 0 bridgehead atoms. The lowest BCUT2D eigenvalue weighted by Crippen LogP contribution is -2.44. The fourth-order valence-electron chi connectivity index (χ4n) is 2.86. The lowest BCUT2D eigenvalue weighted by Gasteiger charge is -2.30. The molecule has 5 nitrogen and oxygen atoms in total. The molecule has 124 valence electrons. The van der Waals surface area contributed by atoms with E-state index in [0.717, 1.165) is 12.0 Å². The molecule has 1 aromatic carbocycles. The van der Waals surface area contributed by atoms with Crippen molar-refractivity contribution in [2.45, 2.75) is 45.1 Å². The summed E-state index contributed by atoms with van der Waals surface area (Å²) >= 11 is 0. The first-order valence-corrected chi connectivity index (χ1v) is 8.06. The summed E-state index contributed by atoms with van der Waals surface area (Å²) in [5.41, 5.74) is 0.959. The number of unbranched alkanes of at least 4 members (excludes halogenated alkanes) is 1. The van der Waals surface area contributed by atoms with Crippen molar-refractivity contribution in [3.05, 3.63) is 35.9 Å². The first kappa shape index (κ1) is 17.2. The van der Waals surface area contributed by atoms with Crippen LogP contribution in [0.4, 0.5) is 0 Å². The second-order valence-electron chi connectivity index (χ2n) is 5.86. The Bertz CT molecular complexity index is 555. The van der Waals surface area contributed by atoms with E-state index in [4.69, 9.17) is 0 Å². The number of esters is 1. The van der Waals surface area contributed by atoms with Gasteiger partial charge in [-0.3, -0.25) is 19.3 Å². The summed E-state index contributed by atoms with van der Waals surface area (Å²) in [5, 5.41) is 0. The predicted octanol–water partition coefficient (Wildman–Crippen LogP) is 2.69. The van der Waals surface area contributed by atoms with Gasteiger partial charge in [0.25, 0.3) is 0 Å². The molecule has 1 atom stereocenters. The molecule has 1 saturated heterocycles. The van der Waals surface area contributed by atoms with Gasteiger partial charge in [0, 0.05) is 18.8 Å². The highest BCUT2D eigenvalue weighted by Gasteiger charge is 2.33. The molecule has 0 radical (unpaired) electrons. The van der Waals surface area contributed by atoms with E-state index in [2.05, 4.69) is 4.74 Å². The van der Waals surface area contributed by atoms with E-state index in [1.165, 1.54) is 12.0 Å². The van der Waals surface area contributed by atoms with Gasteiger partial charge in [-0.1, -0.05) is 36.8 Å². The zero-order valence-electron chi connectivity index (χ0n) is 13.5. The number of nitrogens with zero attached hydrogens (tertiary/aromatic N) is 1. The number of amides is 2. The fourth-order valence-corrected chi connectivity index (χ4v) is 2.86. The third-order valence-electron chi connectivity index (χ3n) is 4.22. The summed E-state index contributed by atoms with van der Waals surface area (Å²) in [7, 11) is 1.38. The smallest absolute Gasteiger partial charge is 0.305 e. The second-order valence-corrected chi connectivity index (χ2v) is 5.86. The monoisotopic (exact) mass is 317 g/mol. The first-order valence-electron chi connectivity index (χ1n) is 8.06. The third kappa shape index (κ3) is 4.91. The normalized spacial score (nSPS) is 18.1. The average Bonchev–Trinajstić information content (AvgIpc) is 2.57. The summed E-state index contributed by atoms with van der Waals surface area (Å²) in [6, 6.07) is 9.55. The topological polar surface area (TPSA) is 63.7 Å². The molecule has 2 rings (SSSR count). The Kier molecular flexibility index (Phi) is 6.32. The number of hydrogen-bond acceptors (Lipinski definition) is 4. The minimum absolute atomic E-state index is 0.0804. The maximum atomic E-state index is 12.5. The number of methoxy groups -OCH3 is 1. The van der Waals surface area contributed by atoms with Gasteiger partial charge in [0.15, 0.2) is 0 Å². The Hall–Kier alpha value is -2.17. The van der Waals surface area contributed by atoms with Crippen LogP contribution in [0.2, 0.25) is 0 Å². The molecular formula is C18H23NO4. The summed E-state index contributed by atoms with van der Waals surface area (Å²) in [4.78, 5) is 37.1. The number of rotatable bonds is 7. The van der Waals surface area contributed by atoms with Crippen LogP contribution >= 0.6 is 0 Å². The first-order chi connectivity index (χ1) is 11.1. The lowest BCUT2D eigenvalue weighted by atomic mass is 9.91. The molecule has 0 N–H and O–H groups in total. The van der Waals surface area contributed by atoms with E-state index < -0.39 is 0 Å². The van der Waals surface area contributed by atoms with Crippen molar-refractivity contribution in [1.82, 2.24) is 4.90 Å². The number of ether oxygens (including phenoxy) is 1. The highest BCUT2D eigenvalue weighted by molar-refractivity contribution is 5.98. The zero-order valence-corrected chi connectivity index (χ0v) is 13.5. The van der Waals surface area contributed by atoms with E-state index in [-0.39, 0.29) is 23.7 Å². The highest BCUT2D eigenvalue weighted by Crippen LogP contribution is 2.25. The van der Waals surface area contributed by atoms with Crippen LogP contribution in [-0.2, 0) is 25.7 Å². The number of imide groups is 1. The van der Waals surface area contributed by atoms with Crippen molar-refractivity contribution in [3.8, 4) is 0 Å². The quantitative estimate of drug-likeness (QED) is 0.441. The van der Waals surface area contributed by atoms with Gasteiger partial charge in [-0.25, -0.2) is 0 Å². The maximum absolute atomic E-state index is 12.5. The molecule has 1 heterocycles. The Balaban J connectivity index is 1.87. The van der Waals surface area contributed by atoms with Gasteiger partial charge in [-0.2, -0.15) is 0 Å². The average molecular weight is 317 g/mol. The van der Waals surface area contributed by atoms with Gasteiger partial charge in [0.1, 0.15) is 0 Å². The standard InChI is InChI=1S/C18H23NO4/c1-23-17(21)10-6-5-9-15-11-12-16(20)19(18(15)22)13-14-7-3-2-4-8-14/h2-4,7-8,15H,5-6,9-13H2,1H3. The molecular weight excluding hydrogens is 294 g/mol. The number of likely N-dealkylation sites (tertiary alicyclic amines) is 1. The van der Waals surface area contributed by atoms with Crippen LogP contribution in [0.5, 0.6) is 0 Å². The maximum Gasteiger partial charge on any atom is 0.305 e. The van der Waals surface area contributed by atoms with Crippen LogP contribution in [0, 0.1) is 5.92 Å². The van der Waals surface area contributed by atoms with Crippen molar-refractivity contribution >= 4 is 17.8 Å². The number of carbonyl (C=O) groups is 3. The van der Waals surface area contributed by atoms with Gasteiger partial charge in [0.2, 0.25) is 11.8 Å². The number of hydrogen-bond donors (Lipinski definition) is 0. The number of benzene rings is 1. The summed E-state index contributed by atoms with van der Waals surface area (Å²) in [5.74, 6) is -0.511. The molecule has 0 spiro atoms. The molecule has 0 aliphatic carbocycles. The number of piperidine rings is 1. The molecule has 1 aromatic rings. The van der Waals surface area contributed by atoms with E-state index in [1.807, 2.05) is 30.3 Å². The molecule has 1 fully saturated rings. The fraction of sp³-hybridized carbons (Fsp3) is 0.500. The van der Waals surface area contributed by atoms with Gasteiger partial charge < -0.3 is 4.74 Å². The molecule has 0 saturated carbocycles. The van der Waals surface area contributed by atoms with Crippen LogP contribution in [0.1, 0.15) is 44.1 Å². The van der Waals surface area contributed by atoms with Crippen LogP contribution in [0.25, 0.3) is 0 Å². The minimum Gasteiger partial charge on any atom is -0.469 e. The van der Waals surface area contributed by atoms with E-state index in [9.17, 15) is 14.4 Å². The molecule has 23 heavy (non-hydrogen) atoms. The van der Waals surface area contributed by atoms with Crippen molar-refractivity contribution in [2.75, 3.05) is 7.11 Å². The minimum atomic E-state index is -0.221. The largest absolute Gasteiger partial charge is 0.469 e. The molecule has 0 aromatic heterocycles. The highest BCUT2D eigenvalue weighted by atomic mass is 16.5. The molecule has 5 heteroatoms. The molecule has 1 unspecified atom stereocenters.